The highest BCUT2D eigenvalue weighted by atomic mass is 16.1. The molecule has 4 heteroatoms. The average Bonchev–Trinajstić information content (AvgIpc) is 2.33. The molecule has 1 aromatic heterocycles. The Kier molecular flexibility index (Phi) is 3.13. The SMILES string of the molecule is CCC(C)Cn1cnc2ccc(N)cc2c1=O. The van der Waals surface area contributed by atoms with Crippen molar-refractivity contribution in [2.24, 2.45) is 5.92 Å². The van der Waals surface area contributed by atoms with Crippen LogP contribution >= 0.6 is 0 Å². The molecule has 4 nitrogen and oxygen atoms in total. The van der Waals surface area contributed by atoms with Crippen molar-refractivity contribution in [1.29, 1.82) is 0 Å². The minimum Gasteiger partial charge on any atom is -0.399 e. The zero-order chi connectivity index (χ0) is 12.4. The van der Waals surface area contributed by atoms with Crippen molar-refractivity contribution in [3.63, 3.8) is 0 Å². The van der Waals surface area contributed by atoms with E-state index in [1.807, 2.05) is 0 Å². The van der Waals surface area contributed by atoms with Gasteiger partial charge in [0.05, 0.1) is 17.2 Å². The minimum atomic E-state index is -0.0115. The predicted molar refractivity (Wildman–Crippen MR) is 69.9 cm³/mol. The summed E-state index contributed by atoms with van der Waals surface area (Å²) in [5.74, 6) is 0.466. The van der Waals surface area contributed by atoms with Gasteiger partial charge in [-0.05, 0) is 24.1 Å². The van der Waals surface area contributed by atoms with Crippen LogP contribution in [-0.2, 0) is 6.54 Å². The van der Waals surface area contributed by atoms with Crippen molar-refractivity contribution in [2.45, 2.75) is 26.8 Å². The van der Waals surface area contributed by atoms with E-state index in [4.69, 9.17) is 5.73 Å². The predicted octanol–water partition coefficient (Wildman–Crippen LogP) is 2.02. The van der Waals surface area contributed by atoms with Gasteiger partial charge in [-0.3, -0.25) is 9.36 Å². The Balaban J connectivity index is 2.53. The Labute approximate surface area is 100 Å². The quantitative estimate of drug-likeness (QED) is 0.822. The van der Waals surface area contributed by atoms with Crippen molar-refractivity contribution in [3.05, 3.63) is 34.9 Å². The molecule has 0 amide bonds. The van der Waals surface area contributed by atoms with E-state index < -0.39 is 0 Å². The summed E-state index contributed by atoms with van der Waals surface area (Å²) in [6.07, 6.45) is 2.66. The number of aromatic nitrogens is 2. The average molecular weight is 231 g/mol. The van der Waals surface area contributed by atoms with Crippen molar-refractivity contribution < 1.29 is 0 Å². The minimum absolute atomic E-state index is 0.0115. The Hall–Kier alpha value is -1.84. The summed E-state index contributed by atoms with van der Waals surface area (Å²) in [5.41, 5.74) is 6.98. The number of nitrogens with two attached hydrogens (primary N) is 1. The van der Waals surface area contributed by atoms with Crippen LogP contribution in [0.1, 0.15) is 20.3 Å². The zero-order valence-electron chi connectivity index (χ0n) is 10.2. The number of hydrogen-bond donors (Lipinski definition) is 1. The molecule has 0 fully saturated rings. The van der Waals surface area contributed by atoms with Crippen molar-refractivity contribution in [2.75, 3.05) is 5.73 Å². The van der Waals surface area contributed by atoms with Crippen LogP contribution in [0.15, 0.2) is 29.3 Å². The highest BCUT2D eigenvalue weighted by Crippen LogP contribution is 2.11. The van der Waals surface area contributed by atoms with E-state index in [0.717, 1.165) is 6.42 Å². The summed E-state index contributed by atoms with van der Waals surface area (Å²) in [6, 6.07) is 5.23. The van der Waals surface area contributed by atoms with Crippen LogP contribution in [0.4, 0.5) is 5.69 Å². The van der Waals surface area contributed by atoms with Crippen LogP contribution in [0.3, 0.4) is 0 Å². The summed E-state index contributed by atoms with van der Waals surface area (Å²) >= 11 is 0. The van der Waals surface area contributed by atoms with Gasteiger partial charge >= 0.3 is 0 Å². The lowest BCUT2D eigenvalue weighted by Gasteiger charge is -2.11. The van der Waals surface area contributed by atoms with Crippen molar-refractivity contribution >= 4 is 16.6 Å². The first kappa shape index (κ1) is 11.6. The van der Waals surface area contributed by atoms with Gasteiger partial charge in [-0.25, -0.2) is 4.98 Å². The second-order valence-corrected chi connectivity index (χ2v) is 4.49. The number of anilines is 1. The van der Waals surface area contributed by atoms with Gasteiger partial charge in [0.1, 0.15) is 0 Å². The van der Waals surface area contributed by atoms with Crippen LogP contribution < -0.4 is 11.3 Å². The second-order valence-electron chi connectivity index (χ2n) is 4.49. The summed E-state index contributed by atoms with van der Waals surface area (Å²) in [4.78, 5) is 16.5. The number of hydrogen-bond acceptors (Lipinski definition) is 3. The summed E-state index contributed by atoms with van der Waals surface area (Å²) in [7, 11) is 0. The summed E-state index contributed by atoms with van der Waals surface area (Å²) < 4.78 is 1.66. The number of benzene rings is 1. The van der Waals surface area contributed by atoms with Gasteiger partial charge in [0.25, 0.3) is 5.56 Å². The maximum Gasteiger partial charge on any atom is 0.261 e. The summed E-state index contributed by atoms with van der Waals surface area (Å²) in [6.45, 7) is 4.94. The molecule has 0 saturated carbocycles. The molecule has 2 N–H and O–H groups in total. The maximum atomic E-state index is 12.2. The largest absolute Gasteiger partial charge is 0.399 e. The standard InChI is InChI=1S/C13H17N3O/c1-3-9(2)7-16-8-15-12-5-4-10(14)6-11(12)13(16)17/h4-6,8-9H,3,7,14H2,1-2H3. The molecular formula is C13H17N3O. The molecule has 0 bridgehead atoms. The smallest absolute Gasteiger partial charge is 0.261 e. The van der Waals surface area contributed by atoms with E-state index >= 15 is 0 Å². The van der Waals surface area contributed by atoms with Crippen molar-refractivity contribution in [1.82, 2.24) is 9.55 Å². The molecule has 0 spiro atoms. The van der Waals surface area contributed by atoms with Gasteiger partial charge in [0, 0.05) is 12.2 Å². The molecule has 0 aliphatic carbocycles. The molecule has 90 valence electrons. The van der Waals surface area contributed by atoms with Gasteiger partial charge < -0.3 is 5.73 Å². The number of rotatable bonds is 3. The zero-order valence-corrected chi connectivity index (χ0v) is 10.2. The first-order valence-electron chi connectivity index (χ1n) is 5.86. The van der Waals surface area contributed by atoms with E-state index in [-0.39, 0.29) is 5.56 Å². The molecule has 0 saturated heterocycles. The third-order valence-electron chi connectivity index (χ3n) is 3.05. The third-order valence-corrected chi connectivity index (χ3v) is 3.05. The lowest BCUT2D eigenvalue weighted by atomic mass is 10.1. The number of fused-ring (bicyclic) bond motifs is 1. The van der Waals surface area contributed by atoms with E-state index in [1.54, 1.807) is 29.1 Å². The fourth-order valence-corrected chi connectivity index (χ4v) is 1.77. The molecule has 2 aromatic rings. The van der Waals surface area contributed by atoms with Crippen LogP contribution in [0.5, 0.6) is 0 Å². The van der Waals surface area contributed by atoms with Gasteiger partial charge in [0.15, 0.2) is 0 Å². The van der Waals surface area contributed by atoms with E-state index in [1.165, 1.54) is 0 Å². The molecule has 0 radical (unpaired) electrons. The second kappa shape index (κ2) is 4.57. The Morgan fingerprint density at radius 3 is 2.94 bits per heavy atom. The van der Waals surface area contributed by atoms with E-state index in [2.05, 4.69) is 18.8 Å². The van der Waals surface area contributed by atoms with Crippen LogP contribution in [0, 0.1) is 5.92 Å². The fraction of sp³-hybridized carbons (Fsp3) is 0.385. The van der Waals surface area contributed by atoms with Crippen LogP contribution in [0.25, 0.3) is 10.9 Å². The molecule has 2 rings (SSSR count). The lowest BCUT2D eigenvalue weighted by Crippen LogP contribution is -2.23. The van der Waals surface area contributed by atoms with Crippen molar-refractivity contribution in [3.8, 4) is 0 Å². The Bertz CT molecular complexity index is 589. The molecule has 1 heterocycles. The van der Waals surface area contributed by atoms with E-state index in [9.17, 15) is 4.79 Å². The molecule has 1 atom stereocenters. The lowest BCUT2D eigenvalue weighted by molar-refractivity contribution is 0.458. The normalized spacial score (nSPS) is 12.8. The highest BCUT2D eigenvalue weighted by molar-refractivity contribution is 5.80. The summed E-state index contributed by atoms with van der Waals surface area (Å²) in [5, 5.41) is 0.593. The van der Waals surface area contributed by atoms with Gasteiger partial charge in [0.2, 0.25) is 0 Å². The highest BCUT2D eigenvalue weighted by Gasteiger charge is 2.06. The number of nitrogens with zero attached hydrogens (tertiary/aromatic N) is 2. The van der Waals surface area contributed by atoms with E-state index in [0.29, 0.717) is 29.1 Å². The Morgan fingerprint density at radius 1 is 1.47 bits per heavy atom. The maximum absolute atomic E-state index is 12.2. The van der Waals surface area contributed by atoms with Gasteiger partial charge in [-0.2, -0.15) is 0 Å². The van der Waals surface area contributed by atoms with Gasteiger partial charge in [-0.1, -0.05) is 20.3 Å². The third kappa shape index (κ3) is 2.30. The fourth-order valence-electron chi connectivity index (χ4n) is 1.77. The molecule has 17 heavy (non-hydrogen) atoms. The monoisotopic (exact) mass is 231 g/mol. The molecule has 0 aliphatic rings. The first-order valence-corrected chi connectivity index (χ1v) is 5.86. The van der Waals surface area contributed by atoms with Crippen LogP contribution in [0.2, 0.25) is 0 Å². The Morgan fingerprint density at radius 2 is 2.24 bits per heavy atom. The van der Waals surface area contributed by atoms with Gasteiger partial charge in [-0.15, -0.1) is 0 Å². The molecular weight excluding hydrogens is 214 g/mol. The number of nitrogen functional groups attached to an aromatic ring is 1. The first-order chi connectivity index (χ1) is 8.11. The molecule has 1 unspecified atom stereocenters. The van der Waals surface area contributed by atoms with Crippen LogP contribution in [-0.4, -0.2) is 9.55 Å². The topological polar surface area (TPSA) is 60.9 Å². The molecule has 0 aliphatic heterocycles. The molecule has 1 aromatic carbocycles.